The molecule has 1 unspecified atom stereocenters. The highest BCUT2D eigenvalue weighted by Gasteiger charge is 2.59. The summed E-state index contributed by atoms with van der Waals surface area (Å²) in [4.78, 5) is 26.9. The Morgan fingerprint density at radius 2 is 1.86 bits per heavy atom. The molecular formula is C22H19BrN4O2. The average Bonchev–Trinajstić information content (AvgIpc) is 2.94. The SMILES string of the molecule is CC(C)=CC(=O)N1N=Cc2cc(Br)ccc2C12C(=O)N(c1ccccc1)N=C2C. The van der Waals surface area contributed by atoms with Crippen LogP contribution in [0.25, 0.3) is 0 Å². The van der Waals surface area contributed by atoms with Crippen molar-refractivity contribution < 1.29 is 9.59 Å². The van der Waals surface area contributed by atoms with E-state index < -0.39 is 5.54 Å². The lowest BCUT2D eigenvalue weighted by Crippen LogP contribution is -2.58. The van der Waals surface area contributed by atoms with E-state index in [4.69, 9.17) is 0 Å². The topological polar surface area (TPSA) is 65.3 Å². The second kappa shape index (κ2) is 7.08. The Morgan fingerprint density at radius 3 is 2.55 bits per heavy atom. The first-order valence-corrected chi connectivity index (χ1v) is 9.93. The summed E-state index contributed by atoms with van der Waals surface area (Å²) in [5, 5.41) is 11.5. The Kier molecular flexibility index (Phi) is 4.70. The molecule has 146 valence electrons. The number of carbonyl (C=O) groups excluding carboxylic acids is 2. The summed E-state index contributed by atoms with van der Waals surface area (Å²) in [6.45, 7) is 5.42. The van der Waals surface area contributed by atoms with Gasteiger partial charge in [0.25, 0.3) is 11.8 Å². The maximum atomic E-state index is 13.9. The minimum absolute atomic E-state index is 0.336. The molecule has 2 amide bonds. The normalized spacial score (nSPS) is 20.0. The summed E-state index contributed by atoms with van der Waals surface area (Å²) in [5.41, 5.74) is 1.96. The molecule has 0 bridgehead atoms. The van der Waals surface area contributed by atoms with Gasteiger partial charge in [0.2, 0.25) is 5.54 Å². The summed E-state index contributed by atoms with van der Waals surface area (Å²) in [5.74, 6) is -0.704. The molecule has 29 heavy (non-hydrogen) atoms. The highest BCUT2D eigenvalue weighted by Crippen LogP contribution is 2.43. The van der Waals surface area contributed by atoms with Crippen LogP contribution in [0.4, 0.5) is 5.69 Å². The molecule has 0 saturated heterocycles. The van der Waals surface area contributed by atoms with E-state index in [0.29, 0.717) is 17.0 Å². The lowest BCUT2D eigenvalue weighted by molar-refractivity contribution is -0.139. The van der Waals surface area contributed by atoms with Gasteiger partial charge in [-0.15, -0.1) is 0 Å². The van der Waals surface area contributed by atoms with E-state index in [1.807, 2.05) is 62.4 Å². The van der Waals surface area contributed by atoms with Crippen LogP contribution >= 0.6 is 15.9 Å². The third-order valence-corrected chi connectivity index (χ3v) is 5.42. The van der Waals surface area contributed by atoms with Crippen LogP contribution in [0.5, 0.6) is 0 Å². The lowest BCUT2D eigenvalue weighted by Gasteiger charge is -2.39. The molecule has 0 N–H and O–H groups in total. The second-order valence-electron chi connectivity index (χ2n) is 7.20. The number of para-hydroxylation sites is 1. The van der Waals surface area contributed by atoms with Crippen molar-refractivity contribution >= 4 is 45.4 Å². The van der Waals surface area contributed by atoms with Crippen LogP contribution in [0.1, 0.15) is 31.9 Å². The van der Waals surface area contributed by atoms with Crippen molar-refractivity contribution in [2.75, 3.05) is 5.01 Å². The zero-order chi connectivity index (χ0) is 20.8. The summed E-state index contributed by atoms with van der Waals surface area (Å²) >= 11 is 3.47. The van der Waals surface area contributed by atoms with Gasteiger partial charge < -0.3 is 0 Å². The monoisotopic (exact) mass is 450 g/mol. The van der Waals surface area contributed by atoms with E-state index in [1.165, 1.54) is 16.1 Å². The third kappa shape index (κ3) is 2.93. The van der Waals surface area contributed by atoms with Gasteiger partial charge in [-0.3, -0.25) is 9.59 Å². The molecule has 4 rings (SSSR count). The number of amides is 2. The molecule has 0 aromatic heterocycles. The number of carbonyl (C=O) groups is 2. The van der Waals surface area contributed by atoms with Crippen molar-refractivity contribution in [3.05, 3.63) is 75.8 Å². The van der Waals surface area contributed by atoms with Crippen LogP contribution in [0.15, 0.2) is 74.9 Å². The Bertz CT molecular complexity index is 1100. The molecule has 2 aromatic rings. The van der Waals surface area contributed by atoms with Crippen LogP contribution in [0, 0.1) is 0 Å². The van der Waals surface area contributed by atoms with Gasteiger partial charge in [-0.2, -0.15) is 15.2 Å². The first kappa shape index (κ1) is 19.3. The number of fused-ring (bicyclic) bond motifs is 2. The Balaban J connectivity index is 1.95. The van der Waals surface area contributed by atoms with Crippen LogP contribution in [0.2, 0.25) is 0 Å². The molecule has 0 aliphatic carbocycles. The molecule has 7 heteroatoms. The molecule has 2 aliphatic heterocycles. The highest BCUT2D eigenvalue weighted by atomic mass is 79.9. The minimum Gasteiger partial charge on any atom is -0.269 e. The van der Waals surface area contributed by atoms with Gasteiger partial charge in [-0.05, 0) is 45.0 Å². The summed E-state index contributed by atoms with van der Waals surface area (Å²) in [6.07, 6.45) is 3.09. The van der Waals surface area contributed by atoms with Gasteiger partial charge in [0.15, 0.2) is 0 Å². The summed E-state index contributed by atoms with van der Waals surface area (Å²) < 4.78 is 0.863. The first-order chi connectivity index (χ1) is 13.9. The summed E-state index contributed by atoms with van der Waals surface area (Å²) in [7, 11) is 0. The largest absolute Gasteiger partial charge is 0.286 e. The van der Waals surface area contributed by atoms with Gasteiger partial charge in [0.1, 0.15) is 0 Å². The molecule has 0 radical (unpaired) electrons. The fraction of sp³-hybridized carbons (Fsp3) is 0.182. The number of benzene rings is 2. The number of halogens is 1. The van der Waals surface area contributed by atoms with Gasteiger partial charge in [0.05, 0.1) is 17.6 Å². The van der Waals surface area contributed by atoms with Crippen molar-refractivity contribution in [3.8, 4) is 0 Å². The average molecular weight is 451 g/mol. The first-order valence-electron chi connectivity index (χ1n) is 9.14. The molecule has 6 nitrogen and oxygen atoms in total. The number of hydrogen-bond donors (Lipinski definition) is 0. The van der Waals surface area contributed by atoms with Gasteiger partial charge in [0, 0.05) is 21.7 Å². The van der Waals surface area contributed by atoms with Gasteiger partial charge in [-0.1, -0.05) is 45.8 Å². The minimum atomic E-state index is -1.43. The molecule has 0 saturated carbocycles. The number of hydrazone groups is 2. The zero-order valence-corrected chi connectivity index (χ0v) is 17.8. The Morgan fingerprint density at radius 1 is 1.14 bits per heavy atom. The van der Waals surface area contributed by atoms with Crippen LogP contribution < -0.4 is 5.01 Å². The van der Waals surface area contributed by atoms with Crippen LogP contribution in [0.3, 0.4) is 0 Å². The van der Waals surface area contributed by atoms with Crippen molar-refractivity contribution in [1.29, 1.82) is 0 Å². The van der Waals surface area contributed by atoms with E-state index in [1.54, 1.807) is 13.1 Å². The lowest BCUT2D eigenvalue weighted by atomic mass is 9.80. The van der Waals surface area contributed by atoms with Crippen molar-refractivity contribution in [2.24, 2.45) is 10.2 Å². The zero-order valence-electron chi connectivity index (χ0n) is 16.3. The molecule has 1 spiro atoms. The number of anilines is 1. The van der Waals surface area contributed by atoms with E-state index in [-0.39, 0.29) is 11.8 Å². The molecule has 2 heterocycles. The van der Waals surface area contributed by atoms with E-state index in [2.05, 4.69) is 26.1 Å². The molecule has 1 atom stereocenters. The van der Waals surface area contributed by atoms with E-state index in [0.717, 1.165) is 15.6 Å². The van der Waals surface area contributed by atoms with Gasteiger partial charge in [-0.25, -0.2) is 5.01 Å². The van der Waals surface area contributed by atoms with E-state index in [9.17, 15) is 9.59 Å². The number of allylic oxidation sites excluding steroid dienone is 1. The molecule has 2 aliphatic rings. The van der Waals surface area contributed by atoms with Crippen LogP contribution in [-0.2, 0) is 15.1 Å². The maximum Gasteiger partial charge on any atom is 0.286 e. The maximum absolute atomic E-state index is 13.9. The molecule has 2 aromatic carbocycles. The second-order valence-corrected chi connectivity index (χ2v) is 8.11. The summed E-state index contributed by atoms with van der Waals surface area (Å²) in [6, 6.07) is 14.8. The molecule has 0 fully saturated rings. The van der Waals surface area contributed by atoms with Crippen molar-refractivity contribution in [2.45, 2.75) is 26.3 Å². The van der Waals surface area contributed by atoms with Crippen molar-refractivity contribution in [1.82, 2.24) is 5.01 Å². The number of nitrogens with zero attached hydrogens (tertiary/aromatic N) is 4. The Hall–Kier alpha value is -3.06. The quantitative estimate of drug-likeness (QED) is 0.643. The predicted molar refractivity (Wildman–Crippen MR) is 117 cm³/mol. The fourth-order valence-corrected chi connectivity index (χ4v) is 4.07. The van der Waals surface area contributed by atoms with Gasteiger partial charge >= 0.3 is 0 Å². The fourth-order valence-electron chi connectivity index (χ4n) is 3.69. The Labute approximate surface area is 177 Å². The highest BCUT2D eigenvalue weighted by molar-refractivity contribution is 9.10. The number of hydrogen-bond acceptors (Lipinski definition) is 4. The standard InChI is InChI=1S/C22H19BrN4O2/c1-14(2)11-20(28)27-22(19-10-9-17(23)12-16(19)13-24-27)15(3)25-26(21(22)29)18-7-5-4-6-8-18/h4-13H,1-3H3. The molecular weight excluding hydrogens is 432 g/mol. The van der Waals surface area contributed by atoms with Crippen molar-refractivity contribution in [3.63, 3.8) is 0 Å². The smallest absolute Gasteiger partial charge is 0.269 e. The van der Waals surface area contributed by atoms with E-state index >= 15 is 0 Å². The van der Waals surface area contributed by atoms with Crippen LogP contribution in [-0.4, -0.2) is 28.7 Å². The predicted octanol–water partition coefficient (Wildman–Crippen LogP) is 4.21. The number of rotatable bonds is 2. The third-order valence-electron chi connectivity index (χ3n) is 4.93.